The smallest absolute Gasteiger partial charge is 0.234 e. The number of nitrogens with zero attached hydrogens (tertiary/aromatic N) is 3. The molecule has 3 aromatic carbocycles. The molecule has 0 atom stereocenters. The summed E-state index contributed by atoms with van der Waals surface area (Å²) < 4.78 is 7.41. The predicted octanol–water partition coefficient (Wildman–Crippen LogP) is 5.77. The first-order valence-electron chi connectivity index (χ1n) is 11.2. The molecule has 0 aliphatic carbocycles. The number of hydrogen-bond acceptors (Lipinski definition) is 5. The van der Waals surface area contributed by atoms with Gasteiger partial charge in [0.25, 0.3) is 0 Å². The third kappa shape index (κ3) is 4.65. The molecule has 0 bridgehead atoms. The van der Waals surface area contributed by atoms with Gasteiger partial charge in [-0.2, -0.15) is 0 Å². The first-order chi connectivity index (χ1) is 17.0. The van der Waals surface area contributed by atoms with Crippen molar-refractivity contribution in [3.63, 3.8) is 0 Å². The lowest BCUT2D eigenvalue weighted by Gasteiger charge is -2.12. The average molecular weight is 484 g/mol. The molecule has 0 radical (unpaired) electrons. The molecule has 7 nitrogen and oxygen atoms in total. The minimum atomic E-state index is -0.0995. The van der Waals surface area contributed by atoms with E-state index >= 15 is 0 Å². The lowest BCUT2D eigenvalue weighted by molar-refractivity contribution is -0.113. The molecule has 0 fully saturated rings. The van der Waals surface area contributed by atoms with Crippen LogP contribution in [0.3, 0.4) is 0 Å². The zero-order valence-corrected chi connectivity index (χ0v) is 20.5. The number of aromatic nitrogens is 4. The Labute approximate surface area is 207 Å². The second kappa shape index (κ2) is 9.68. The van der Waals surface area contributed by atoms with E-state index in [1.54, 1.807) is 7.11 Å². The van der Waals surface area contributed by atoms with E-state index in [0.717, 1.165) is 44.7 Å². The van der Waals surface area contributed by atoms with Crippen molar-refractivity contribution in [3.8, 4) is 22.8 Å². The van der Waals surface area contributed by atoms with Crippen LogP contribution in [-0.2, 0) is 4.79 Å². The Hall–Kier alpha value is -4.04. The van der Waals surface area contributed by atoms with Crippen molar-refractivity contribution in [1.29, 1.82) is 0 Å². The summed E-state index contributed by atoms with van der Waals surface area (Å²) in [7, 11) is 1.64. The standard InChI is InChI=1S/C27H25N5O2S/c1-17-11-12-18(2)24(13-17)29-25(33)16-35-27-31-30-26(22-15-28-23-10-5-4-9-21(22)23)32(27)19-7-6-8-20(14-19)34-3/h4-15,28H,16H2,1-3H3,(H,29,33). The summed E-state index contributed by atoms with van der Waals surface area (Å²) in [6.45, 7) is 3.99. The van der Waals surface area contributed by atoms with Crippen LogP contribution >= 0.6 is 11.8 Å². The van der Waals surface area contributed by atoms with Crippen molar-refractivity contribution < 1.29 is 9.53 Å². The highest BCUT2D eigenvalue weighted by Gasteiger charge is 2.20. The zero-order valence-electron chi connectivity index (χ0n) is 19.7. The normalized spacial score (nSPS) is 11.1. The van der Waals surface area contributed by atoms with Crippen LogP contribution in [0.15, 0.2) is 78.1 Å². The van der Waals surface area contributed by atoms with Crippen molar-refractivity contribution in [3.05, 3.63) is 84.1 Å². The van der Waals surface area contributed by atoms with Gasteiger partial charge in [-0.1, -0.05) is 48.2 Å². The predicted molar refractivity (Wildman–Crippen MR) is 140 cm³/mol. The van der Waals surface area contributed by atoms with Gasteiger partial charge in [-0.25, -0.2) is 0 Å². The molecule has 35 heavy (non-hydrogen) atoms. The largest absolute Gasteiger partial charge is 0.497 e. The van der Waals surface area contributed by atoms with Gasteiger partial charge in [-0.15, -0.1) is 10.2 Å². The summed E-state index contributed by atoms with van der Waals surface area (Å²) >= 11 is 1.34. The first kappa shape index (κ1) is 22.7. The highest BCUT2D eigenvalue weighted by atomic mass is 32.2. The Kier molecular flexibility index (Phi) is 6.29. The molecule has 0 saturated carbocycles. The van der Waals surface area contributed by atoms with E-state index < -0.39 is 0 Å². The minimum absolute atomic E-state index is 0.0995. The fourth-order valence-electron chi connectivity index (χ4n) is 3.96. The summed E-state index contributed by atoms with van der Waals surface area (Å²) in [5.41, 5.74) is 5.75. The number of amides is 1. The molecular formula is C27H25N5O2S. The van der Waals surface area contributed by atoms with E-state index in [1.165, 1.54) is 11.8 Å². The van der Waals surface area contributed by atoms with Gasteiger partial charge in [0.15, 0.2) is 11.0 Å². The average Bonchev–Trinajstić information content (AvgIpc) is 3.49. The van der Waals surface area contributed by atoms with Crippen molar-refractivity contribution in [1.82, 2.24) is 19.7 Å². The number of anilines is 1. The number of rotatable bonds is 7. The highest BCUT2D eigenvalue weighted by Crippen LogP contribution is 2.33. The molecule has 2 N–H and O–H groups in total. The lowest BCUT2D eigenvalue weighted by Crippen LogP contribution is -2.15. The van der Waals surface area contributed by atoms with E-state index in [2.05, 4.69) is 26.6 Å². The van der Waals surface area contributed by atoms with E-state index in [1.807, 2.05) is 85.3 Å². The minimum Gasteiger partial charge on any atom is -0.497 e. The maximum absolute atomic E-state index is 12.8. The second-order valence-corrected chi connectivity index (χ2v) is 9.19. The Morgan fingerprint density at radius 1 is 1.06 bits per heavy atom. The molecule has 5 aromatic rings. The van der Waals surface area contributed by atoms with Gasteiger partial charge in [0.05, 0.1) is 18.6 Å². The number of methoxy groups -OCH3 is 1. The molecule has 1 amide bonds. The van der Waals surface area contributed by atoms with Crippen LogP contribution in [0.5, 0.6) is 5.75 Å². The molecule has 0 saturated heterocycles. The van der Waals surface area contributed by atoms with Crippen LogP contribution < -0.4 is 10.1 Å². The number of hydrogen-bond donors (Lipinski definition) is 2. The van der Waals surface area contributed by atoms with Gasteiger partial charge >= 0.3 is 0 Å². The number of aryl methyl sites for hydroxylation is 2. The molecule has 2 aromatic heterocycles. The van der Waals surface area contributed by atoms with Gasteiger partial charge in [0, 0.05) is 34.4 Å². The fraction of sp³-hybridized carbons (Fsp3) is 0.148. The van der Waals surface area contributed by atoms with E-state index in [-0.39, 0.29) is 11.7 Å². The van der Waals surface area contributed by atoms with Crippen LogP contribution in [0.1, 0.15) is 11.1 Å². The maximum Gasteiger partial charge on any atom is 0.234 e. The molecule has 0 unspecified atom stereocenters. The van der Waals surface area contributed by atoms with Crippen molar-refractivity contribution in [2.75, 3.05) is 18.2 Å². The molecular weight excluding hydrogens is 458 g/mol. The quantitative estimate of drug-likeness (QED) is 0.287. The van der Waals surface area contributed by atoms with Crippen molar-refractivity contribution in [2.24, 2.45) is 0 Å². The van der Waals surface area contributed by atoms with Gasteiger partial charge in [0.2, 0.25) is 5.91 Å². The van der Waals surface area contributed by atoms with Gasteiger partial charge in [-0.05, 0) is 49.2 Å². The van der Waals surface area contributed by atoms with Crippen LogP contribution in [0.2, 0.25) is 0 Å². The number of aromatic amines is 1. The van der Waals surface area contributed by atoms with Crippen LogP contribution in [-0.4, -0.2) is 38.5 Å². The number of carbonyl (C=O) groups is 1. The van der Waals surface area contributed by atoms with E-state index in [9.17, 15) is 4.79 Å². The number of fused-ring (bicyclic) bond motifs is 1. The summed E-state index contributed by atoms with van der Waals surface area (Å²) in [5, 5.41) is 13.7. The monoisotopic (exact) mass is 483 g/mol. The van der Waals surface area contributed by atoms with Crippen molar-refractivity contribution >= 4 is 34.3 Å². The summed E-state index contributed by atoms with van der Waals surface area (Å²) in [4.78, 5) is 16.1. The third-order valence-electron chi connectivity index (χ3n) is 5.77. The van der Waals surface area contributed by atoms with Gasteiger partial charge in [0.1, 0.15) is 5.75 Å². The lowest BCUT2D eigenvalue weighted by atomic mass is 10.1. The molecule has 0 spiro atoms. The number of thioether (sulfide) groups is 1. The molecule has 2 heterocycles. The summed E-state index contributed by atoms with van der Waals surface area (Å²) in [6.07, 6.45) is 1.94. The topological polar surface area (TPSA) is 84.8 Å². The van der Waals surface area contributed by atoms with Crippen molar-refractivity contribution in [2.45, 2.75) is 19.0 Å². The number of para-hydroxylation sites is 1. The Morgan fingerprint density at radius 2 is 1.91 bits per heavy atom. The molecule has 176 valence electrons. The third-order valence-corrected chi connectivity index (χ3v) is 6.70. The van der Waals surface area contributed by atoms with Gasteiger partial charge in [-0.3, -0.25) is 9.36 Å². The SMILES string of the molecule is COc1cccc(-n2c(SCC(=O)Nc3cc(C)ccc3C)nnc2-c2c[nH]c3ccccc23)c1. The number of nitrogens with one attached hydrogen (secondary N) is 2. The number of ether oxygens (including phenoxy) is 1. The van der Waals surface area contributed by atoms with Crippen LogP contribution in [0, 0.1) is 13.8 Å². The molecule has 8 heteroatoms. The number of H-pyrrole nitrogens is 1. The second-order valence-electron chi connectivity index (χ2n) is 8.25. The molecule has 0 aliphatic rings. The van der Waals surface area contributed by atoms with Crippen LogP contribution in [0.4, 0.5) is 5.69 Å². The number of carbonyl (C=O) groups excluding carboxylic acids is 1. The van der Waals surface area contributed by atoms with E-state index in [4.69, 9.17) is 4.74 Å². The molecule has 5 rings (SSSR count). The van der Waals surface area contributed by atoms with E-state index in [0.29, 0.717) is 11.0 Å². The Morgan fingerprint density at radius 3 is 2.77 bits per heavy atom. The zero-order chi connectivity index (χ0) is 24.4. The first-order valence-corrected chi connectivity index (χ1v) is 12.2. The Bertz CT molecular complexity index is 1520. The summed E-state index contributed by atoms with van der Waals surface area (Å²) in [6, 6.07) is 21.8. The van der Waals surface area contributed by atoms with Gasteiger partial charge < -0.3 is 15.0 Å². The maximum atomic E-state index is 12.8. The molecule has 0 aliphatic heterocycles. The summed E-state index contributed by atoms with van der Waals surface area (Å²) in [5.74, 6) is 1.51. The number of benzene rings is 3. The fourth-order valence-corrected chi connectivity index (χ4v) is 4.72. The Balaban J connectivity index is 1.49. The van der Waals surface area contributed by atoms with Crippen LogP contribution in [0.25, 0.3) is 28.0 Å². The highest BCUT2D eigenvalue weighted by molar-refractivity contribution is 7.99.